The van der Waals surface area contributed by atoms with E-state index in [1.807, 2.05) is 0 Å². The molecule has 0 aromatic heterocycles. The Hall–Kier alpha value is -0.890. The van der Waals surface area contributed by atoms with Gasteiger partial charge in [0.15, 0.2) is 0 Å². The van der Waals surface area contributed by atoms with Gasteiger partial charge in [0, 0.05) is 0 Å². The van der Waals surface area contributed by atoms with E-state index in [0.717, 1.165) is 0 Å². The Labute approximate surface area is 144 Å². The molecule has 0 N–H and O–H groups in total. The summed E-state index contributed by atoms with van der Waals surface area (Å²) in [6.07, 6.45) is 0.270. The van der Waals surface area contributed by atoms with Crippen molar-refractivity contribution in [1.29, 1.82) is 0 Å². The monoisotopic (exact) mass is 385 g/mol. The second-order valence-electron chi connectivity index (χ2n) is 4.34. The molecule has 0 fully saturated rings. The molecule has 0 spiro atoms. The van der Waals surface area contributed by atoms with Crippen LogP contribution >= 0.6 is 31.3 Å². The minimum atomic E-state index is -3.17. The Balaban J connectivity index is 2.69. The van der Waals surface area contributed by atoms with Gasteiger partial charge in [-0.15, -0.1) is 0 Å². The number of non-ortho nitro benzene ring substituents is 1. The molecule has 1 rings (SSSR count). The molecule has 130 valence electrons. The van der Waals surface area contributed by atoms with Crippen LogP contribution in [0.25, 0.3) is 0 Å². The van der Waals surface area contributed by atoms with Crippen LogP contribution < -0.4 is 0 Å². The van der Waals surface area contributed by atoms with Crippen molar-refractivity contribution in [2.75, 3.05) is 21.3 Å². The van der Waals surface area contributed by atoms with Gasteiger partial charge in [0.05, 0.1) is 0 Å². The molecule has 1 aromatic rings. The van der Waals surface area contributed by atoms with E-state index in [4.69, 9.17) is 36.8 Å². The molecule has 11 heteroatoms. The van der Waals surface area contributed by atoms with Crippen molar-refractivity contribution in [3.63, 3.8) is 0 Å². The zero-order valence-electron chi connectivity index (χ0n) is 12.8. The molecular formula is C12H18Cl2N3O5P. The molecule has 0 heterocycles. The van der Waals surface area contributed by atoms with E-state index in [0.29, 0.717) is 5.56 Å². The van der Waals surface area contributed by atoms with Gasteiger partial charge in [-0.25, -0.2) is 0 Å². The average molecular weight is 386 g/mol. The quantitative estimate of drug-likeness (QED) is 0.154. The predicted octanol–water partition coefficient (Wildman–Crippen LogP) is 4.63. The number of alkyl halides is 2. The normalized spacial score (nSPS) is 15.5. The first kappa shape index (κ1) is 20.2. The van der Waals surface area contributed by atoms with Crippen LogP contribution in [0, 0.1) is 10.1 Å². The summed E-state index contributed by atoms with van der Waals surface area (Å²) in [6, 6.07) is 5.92. The molecule has 0 aliphatic carbocycles. The number of nitro groups is 1. The molecule has 0 amide bonds. The van der Waals surface area contributed by atoms with Gasteiger partial charge >= 0.3 is 144 Å². The van der Waals surface area contributed by atoms with Crippen molar-refractivity contribution < 1.29 is 18.5 Å². The average Bonchev–Trinajstić information content (AvgIpc) is 2.56. The number of hydrogen-bond acceptors (Lipinski definition) is 7. The van der Waals surface area contributed by atoms with Gasteiger partial charge in [0.2, 0.25) is 0 Å². The first-order valence-corrected chi connectivity index (χ1v) is 9.02. The molecule has 0 aliphatic heterocycles. The summed E-state index contributed by atoms with van der Waals surface area (Å²) in [6.45, 7) is 0. The van der Waals surface area contributed by atoms with Crippen LogP contribution in [0.1, 0.15) is 17.4 Å². The summed E-state index contributed by atoms with van der Waals surface area (Å²) >= 11 is 12.3. The number of rotatable bonds is 9. The van der Waals surface area contributed by atoms with Crippen LogP contribution in [-0.4, -0.2) is 31.8 Å². The van der Waals surface area contributed by atoms with E-state index in [-0.39, 0.29) is 12.1 Å². The van der Waals surface area contributed by atoms with Crippen molar-refractivity contribution in [2.45, 2.75) is 17.3 Å². The summed E-state index contributed by atoms with van der Waals surface area (Å²) in [5.41, 5.74) is -0.0253. The van der Waals surface area contributed by atoms with Crippen molar-refractivity contribution in [2.24, 2.45) is 10.00 Å². The van der Waals surface area contributed by atoms with E-state index in [9.17, 15) is 10.1 Å². The van der Waals surface area contributed by atoms with E-state index in [1.165, 1.54) is 33.5 Å². The third-order valence-electron chi connectivity index (χ3n) is 2.95. The maximum atomic E-state index is 10.6. The van der Waals surface area contributed by atoms with E-state index in [1.54, 1.807) is 12.1 Å². The summed E-state index contributed by atoms with van der Waals surface area (Å²) in [5, 5.41) is 14.1. The van der Waals surface area contributed by atoms with E-state index in [2.05, 4.69) is 10.00 Å². The van der Waals surface area contributed by atoms with Crippen LogP contribution in [0.2, 0.25) is 0 Å². The minimum absolute atomic E-state index is 0.00389. The van der Waals surface area contributed by atoms with Crippen molar-refractivity contribution in [1.82, 2.24) is 0 Å². The molecule has 23 heavy (non-hydrogen) atoms. The van der Waals surface area contributed by atoms with Gasteiger partial charge in [-0.05, 0) is 0 Å². The third-order valence-corrected chi connectivity index (χ3v) is 5.55. The fourth-order valence-electron chi connectivity index (χ4n) is 1.66. The fraction of sp³-hybridized carbons (Fsp3) is 0.500. The molecule has 8 nitrogen and oxygen atoms in total. The number of hydrogen-bond donors (Lipinski definition) is 0. The number of halogens is 2. The van der Waals surface area contributed by atoms with Crippen LogP contribution in [-0.2, 0) is 13.6 Å². The molecule has 0 saturated heterocycles. The first-order valence-electron chi connectivity index (χ1n) is 6.47. The summed E-state index contributed by atoms with van der Waals surface area (Å²) < 4.78 is 15.3. The van der Waals surface area contributed by atoms with Crippen LogP contribution in [0.15, 0.2) is 34.3 Å². The number of nitro benzene ring substituents is 1. The molecule has 0 aliphatic rings. The Morgan fingerprint density at radius 1 is 1.17 bits per heavy atom. The van der Waals surface area contributed by atoms with E-state index < -0.39 is 23.9 Å². The second kappa shape index (κ2) is 9.42. The van der Waals surface area contributed by atoms with Gasteiger partial charge in [-0.3, -0.25) is 0 Å². The Kier molecular flexibility index (Phi) is 8.25. The summed E-state index contributed by atoms with van der Waals surface area (Å²) in [7, 11) is 1.04. The van der Waals surface area contributed by atoms with E-state index >= 15 is 0 Å². The molecule has 0 radical (unpaired) electrons. The van der Waals surface area contributed by atoms with Gasteiger partial charge in [-0.2, -0.15) is 0 Å². The summed E-state index contributed by atoms with van der Waals surface area (Å²) in [5.74, 6) is 0. The van der Waals surface area contributed by atoms with Crippen LogP contribution in [0.5, 0.6) is 0 Å². The Morgan fingerprint density at radius 2 is 1.70 bits per heavy atom. The topological polar surface area (TPSA) is 95.6 Å². The van der Waals surface area contributed by atoms with Gasteiger partial charge < -0.3 is 0 Å². The second-order valence-corrected chi connectivity index (χ2v) is 7.84. The maximum absolute atomic E-state index is 10.6. The molecule has 1 aromatic carbocycles. The Bertz CT molecular complexity index is 534. The van der Waals surface area contributed by atoms with Crippen LogP contribution in [0.3, 0.4) is 0 Å². The zero-order valence-corrected chi connectivity index (χ0v) is 15.3. The fourth-order valence-corrected chi connectivity index (χ4v) is 3.39. The standard InChI is InChI=1S/C12H18Cl2N3O5P/c1-20-23(21-2,22-3)16-15-12(14)8-11(13)9-4-6-10(7-5-9)17(18)19/h4-7,11-12,23H,8H2,1-3H3. The zero-order chi connectivity index (χ0) is 17.5. The van der Waals surface area contributed by atoms with Crippen molar-refractivity contribution in [3.05, 3.63) is 39.9 Å². The number of benzene rings is 1. The molecule has 2 atom stereocenters. The van der Waals surface area contributed by atoms with Gasteiger partial charge in [-0.1, -0.05) is 0 Å². The molecular weight excluding hydrogens is 368 g/mol. The third kappa shape index (κ3) is 5.91. The van der Waals surface area contributed by atoms with Crippen molar-refractivity contribution in [3.8, 4) is 0 Å². The molecule has 0 saturated carbocycles. The van der Waals surface area contributed by atoms with Crippen molar-refractivity contribution >= 4 is 37.0 Å². The SMILES string of the molecule is CO[PH](N=NC(Cl)CC(Cl)c1ccc([N+](=O)[O-])cc1)(OC)OC. The molecule has 2 unspecified atom stereocenters. The Morgan fingerprint density at radius 3 is 2.13 bits per heavy atom. The predicted molar refractivity (Wildman–Crippen MR) is 90.1 cm³/mol. The van der Waals surface area contributed by atoms with Crippen LogP contribution in [0.4, 0.5) is 5.69 Å². The first-order chi connectivity index (χ1) is 10.9. The van der Waals surface area contributed by atoms with Gasteiger partial charge in [0.25, 0.3) is 0 Å². The molecule has 0 bridgehead atoms. The van der Waals surface area contributed by atoms with Gasteiger partial charge in [0.1, 0.15) is 0 Å². The number of nitrogens with zero attached hydrogens (tertiary/aromatic N) is 3. The summed E-state index contributed by atoms with van der Waals surface area (Å²) in [4.78, 5) is 14.1.